The van der Waals surface area contributed by atoms with E-state index in [1.807, 2.05) is 0 Å². The largest absolute Gasteiger partial charge is 0.417 e. The molecule has 0 aliphatic heterocycles. The number of ketones is 1. The molecule has 0 unspecified atom stereocenters. The van der Waals surface area contributed by atoms with E-state index >= 15 is 0 Å². The number of hydrogen-bond acceptors (Lipinski definition) is 2. The first kappa shape index (κ1) is 12.7. The smallest absolute Gasteiger partial charge is 0.298 e. The molecule has 0 aliphatic rings. The second-order valence-corrected chi connectivity index (χ2v) is 3.48. The molecule has 0 saturated heterocycles. The van der Waals surface area contributed by atoms with E-state index in [1.54, 1.807) is 0 Å². The number of aldehydes is 1. The summed E-state index contributed by atoms with van der Waals surface area (Å²) in [5.74, 6) is -0.626. The van der Waals surface area contributed by atoms with Crippen molar-refractivity contribution in [3.05, 3.63) is 33.8 Å². The van der Waals surface area contributed by atoms with Crippen molar-refractivity contribution in [2.24, 2.45) is 0 Å². The van der Waals surface area contributed by atoms with Crippen molar-refractivity contribution in [2.75, 3.05) is 0 Å². The molecule has 0 fully saturated rings. The van der Waals surface area contributed by atoms with E-state index in [0.717, 1.165) is 13.0 Å². The van der Waals surface area contributed by atoms with Gasteiger partial charge in [0, 0.05) is 11.1 Å². The van der Waals surface area contributed by atoms with Crippen LogP contribution < -0.4 is 0 Å². The van der Waals surface area contributed by atoms with Crippen LogP contribution in [0.2, 0.25) is 5.02 Å². The average molecular weight is 251 g/mol. The van der Waals surface area contributed by atoms with Gasteiger partial charge in [0.15, 0.2) is 5.78 Å². The van der Waals surface area contributed by atoms with Crippen molar-refractivity contribution in [1.29, 1.82) is 0 Å². The van der Waals surface area contributed by atoms with Crippen LogP contribution in [-0.4, -0.2) is 12.1 Å². The number of rotatable bonds is 2. The topological polar surface area (TPSA) is 34.1 Å². The summed E-state index contributed by atoms with van der Waals surface area (Å²) in [6.45, 7) is 1.08. The van der Waals surface area contributed by atoms with E-state index < -0.39 is 22.5 Å². The predicted octanol–water partition coefficient (Wildman–Crippen LogP) is 3.37. The number of halogens is 4. The molecule has 0 spiro atoms. The Morgan fingerprint density at radius 1 is 1.38 bits per heavy atom. The summed E-state index contributed by atoms with van der Waals surface area (Å²) in [5.41, 5.74) is -1.72. The minimum atomic E-state index is -4.69. The van der Waals surface area contributed by atoms with Crippen LogP contribution in [0, 0.1) is 0 Å². The van der Waals surface area contributed by atoms with Gasteiger partial charge in [-0.3, -0.25) is 9.59 Å². The Labute approximate surface area is 94.0 Å². The van der Waals surface area contributed by atoms with Gasteiger partial charge in [0.25, 0.3) is 0 Å². The van der Waals surface area contributed by atoms with Gasteiger partial charge in [0.05, 0.1) is 10.6 Å². The second-order valence-electron chi connectivity index (χ2n) is 3.10. The van der Waals surface area contributed by atoms with Crippen LogP contribution in [0.25, 0.3) is 0 Å². The molecule has 16 heavy (non-hydrogen) atoms. The molecule has 0 aliphatic carbocycles. The molecule has 2 nitrogen and oxygen atoms in total. The van der Waals surface area contributed by atoms with Gasteiger partial charge < -0.3 is 0 Å². The molecular formula is C10H6ClF3O2. The number of Topliss-reactive ketones (excluding diaryl/α,β-unsaturated/α-hetero) is 1. The van der Waals surface area contributed by atoms with Gasteiger partial charge in [-0.1, -0.05) is 11.6 Å². The maximum atomic E-state index is 12.5. The number of benzene rings is 1. The van der Waals surface area contributed by atoms with E-state index in [1.165, 1.54) is 0 Å². The molecule has 0 heterocycles. The number of hydrogen-bond donors (Lipinski definition) is 0. The molecule has 0 atom stereocenters. The molecule has 86 valence electrons. The summed E-state index contributed by atoms with van der Waals surface area (Å²) in [7, 11) is 0. The quantitative estimate of drug-likeness (QED) is 0.596. The number of alkyl halides is 3. The van der Waals surface area contributed by atoms with Crippen molar-refractivity contribution in [2.45, 2.75) is 13.1 Å². The van der Waals surface area contributed by atoms with Crippen molar-refractivity contribution < 1.29 is 22.8 Å². The van der Waals surface area contributed by atoms with Gasteiger partial charge in [0.2, 0.25) is 0 Å². The van der Waals surface area contributed by atoms with Gasteiger partial charge >= 0.3 is 6.18 Å². The van der Waals surface area contributed by atoms with E-state index in [9.17, 15) is 22.8 Å². The second kappa shape index (κ2) is 4.25. The van der Waals surface area contributed by atoms with Gasteiger partial charge in [-0.25, -0.2) is 0 Å². The molecular weight excluding hydrogens is 245 g/mol. The van der Waals surface area contributed by atoms with Crippen molar-refractivity contribution in [1.82, 2.24) is 0 Å². The molecule has 0 bridgehead atoms. The summed E-state index contributed by atoms with van der Waals surface area (Å²) >= 11 is 5.46. The Bertz CT molecular complexity index is 452. The fourth-order valence-corrected chi connectivity index (χ4v) is 1.53. The lowest BCUT2D eigenvalue weighted by Gasteiger charge is -2.11. The summed E-state index contributed by atoms with van der Waals surface area (Å²) in [6.07, 6.45) is -4.46. The first-order valence-corrected chi connectivity index (χ1v) is 4.52. The maximum Gasteiger partial charge on any atom is 0.417 e. The zero-order chi connectivity index (χ0) is 12.5. The predicted molar refractivity (Wildman–Crippen MR) is 51.8 cm³/mol. The van der Waals surface area contributed by atoms with Gasteiger partial charge in [-0.15, -0.1) is 0 Å². The highest BCUT2D eigenvalue weighted by atomic mass is 35.5. The maximum absolute atomic E-state index is 12.5. The van der Waals surface area contributed by atoms with E-state index in [0.29, 0.717) is 6.07 Å². The zero-order valence-corrected chi connectivity index (χ0v) is 8.82. The molecule has 0 aromatic heterocycles. The molecule has 0 saturated carbocycles. The Balaban J connectivity index is 3.56. The van der Waals surface area contributed by atoms with Crippen molar-refractivity contribution >= 4 is 23.7 Å². The lowest BCUT2D eigenvalue weighted by Crippen LogP contribution is -2.10. The minimum absolute atomic E-state index is 0.234. The highest BCUT2D eigenvalue weighted by molar-refractivity contribution is 6.34. The molecule has 6 heteroatoms. The van der Waals surface area contributed by atoms with Crippen LogP contribution in [0.1, 0.15) is 33.2 Å². The van der Waals surface area contributed by atoms with Crippen LogP contribution in [0.3, 0.4) is 0 Å². The van der Waals surface area contributed by atoms with E-state index in [-0.39, 0.29) is 17.4 Å². The molecule has 0 radical (unpaired) electrons. The van der Waals surface area contributed by atoms with Gasteiger partial charge in [0.1, 0.15) is 6.29 Å². The fourth-order valence-electron chi connectivity index (χ4n) is 1.18. The Hall–Kier alpha value is -1.36. The van der Waals surface area contributed by atoms with Crippen LogP contribution in [0.15, 0.2) is 12.1 Å². The molecule has 1 rings (SSSR count). The standard InChI is InChI=1S/C10H6ClF3O2/c1-5(16)7-2-6(4-15)3-8(9(7)11)10(12,13)14/h2-4H,1H3. The SMILES string of the molecule is CC(=O)c1cc(C=O)cc(C(F)(F)F)c1Cl. The lowest BCUT2D eigenvalue weighted by atomic mass is 10.0. The Morgan fingerprint density at radius 3 is 2.31 bits per heavy atom. The zero-order valence-electron chi connectivity index (χ0n) is 8.06. The molecule has 1 aromatic carbocycles. The number of carbonyl (C=O) groups is 2. The summed E-state index contributed by atoms with van der Waals surface area (Å²) < 4.78 is 37.5. The summed E-state index contributed by atoms with van der Waals surface area (Å²) in [6, 6.07) is 1.65. The average Bonchev–Trinajstić information content (AvgIpc) is 2.15. The molecule has 0 N–H and O–H groups in total. The summed E-state index contributed by atoms with van der Waals surface area (Å²) in [4.78, 5) is 21.5. The normalized spacial score (nSPS) is 11.3. The van der Waals surface area contributed by atoms with E-state index in [4.69, 9.17) is 11.6 Å². The van der Waals surface area contributed by atoms with Crippen molar-refractivity contribution in [3.8, 4) is 0 Å². The highest BCUT2D eigenvalue weighted by Crippen LogP contribution is 2.37. The third-order valence-electron chi connectivity index (χ3n) is 1.92. The third kappa shape index (κ3) is 2.41. The highest BCUT2D eigenvalue weighted by Gasteiger charge is 2.35. The monoisotopic (exact) mass is 250 g/mol. The molecule has 1 aromatic rings. The Morgan fingerprint density at radius 2 is 1.94 bits per heavy atom. The minimum Gasteiger partial charge on any atom is -0.298 e. The first-order valence-electron chi connectivity index (χ1n) is 4.14. The van der Waals surface area contributed by atoms with Crippen LogP contribution in [0.4, 0.5) is 13.2 Å². The van der Waals surface area contributed by atoms with Crippen LogP contribution >= 0.6 is 11.6 Å². The number of carbonyl (C=O) groups excluding carboxylic acids is 2. The Kier molecular flexibility index (Phi) is 3.38. The third-order valence-corrected chi connectivity index (χ3v) is 2.32. The van der Waals surface area contributed by atoms with Crippen molar-refractivity contribution in [3.63, 3.8) is 0 Å². The van der Waals surface area contributed by atoms with Gasteiger partial charge in [-0.2, -0.15) is 13.2 Å². The van der Waals surface area contributed by atoms with Gasteiger partial charge in [-0.05, 0) is 19.1 Å². The van der Waals surface area contributed by atoms with Crippen LogP contribution in [-0.2, 0) is 6.18 Å². The lowest BCUT2D eigenvalue weighted by molar-refractivity contribution is -0.137. The first-order chi connectivity index (χ1) is 7.27. The summed E-state index contributed by atoms with van der Waals surface area (Å²) in [5, 5.41) is -0.675. The van der Waals surface area contributed by atoms with E-state index in [2.05, 4.69) is 0 Å². The fraction of sp³-hybridized carbons (Fsp3) is 0.200. The molecule has 0 amide bonds. The van der Waals surface area contributed by atoms with Crippen LogP contribution in [0.5, 0.6) is 0 Å².